The number of fused-ring (bicyclic) bond motifs is 1. The molecule has 4 aliphatic rings. The average molecular weight is 452 g/mol. The van der Waals surface area contributed by atoms with Crippen LogP contribution in [0.5, 0.6) is 0 Å². The van der Waals surface area contributed by atoms with E-state index in [0.717, 1.165) is 63.5 Å². The maximum Gasteiger partial charge on any atom is 0.235 e. The molecule has 0 unspecified atom stereocenters. The average Bonchev–Trinajstić information content (AvgIpc) is 3.21. The molecule has 2 heterocycles. The fourth-order valence-electron chi connectivity index (χ4n) is 6.77. The maximum absolute atomic E-state index is 14.3. The van der Waals surface area contributed by atoms with Crippen LogP contribution in [0, 0.1) is 30.1 Å². The van der Waals surface area contributed by atoms with Crippen LogP contribution in [0.4, 0.5) is 5.13 Å². The number of amides is 1. The number of aromatic nitrogens is 2. The smallest absolute Gasteiger partial charge is 0.235 e. The summed E-state index contributed by atoms with van der Waals surface area (Å²) in [5.41, 5.74) is 2.81. The molecule has 1 amide bonds. The number of thiazole rings is 1. The van der Waals surface area contributed by atoms with Crippen molar-refractivity contribution >= 4 is 44.2 Å². The molecule has 31 heavy (non-hydrogen) atoms. The van der Waals surface area contributed by atoms with E-state index in [2.05, 4.69) is 11.9 Å². The monoisotopic (exact) mass is 451 g/mol. The lowest BCUT2D eigenvalue weighted by Crippen LogP contribution is -2.54. The number of halogens is 1. The van der Waals surface area contributed by atoms with Crippen molar-refractivity contribution in [1.29, 1.82) is 0 Å². The first-order valence-corrected chi connectivity index (χ1v) is 12.5. The van der Waals surface area contributed by atoms with E-state index in [9.17, 15) is 4.79 Å². The summed E-state index contributed by atoms with van der Waals surface area (Å²) in [5, 5.41) is 1.46. The third kappa shape index (κ3) is 3.28. The molecule has 1 aromatic carbocycles. The third-order valence-corrected chi connectivity index (χ3v) is 9.26. The molecule has 7 rings (SSSR count). The van der Waals surface area contributed by atoms with Gasteiger partial charge in [0.15, 0.2) is 5.13 Å². The molecule has 4 nitrogen and oxygen atoms in total. The summed E-state index contributed by atoms with van der Waals surface area (Å²) < 4.78 is 0.964. The second-order valence-corrected chi connectivity index (χ2v) is 11.4. The first-order chi connectivity index (χ1) is 15.0. The lowest BCUT2D eigenvalue weighted by Gasteiger charge is -2.56. The number of carbonyl (C=O) groups excluding carboxylic acids is 1. The summed E-state index contributed by atoms with van der Waals surface area (Å²) in [6, 6.07) is 7.90. The van der Waals surface area contributed by atoms with Gasteiger partial charge in [-0.15, -0.1) is 0 Å². The lowest BCUT2D eigenvalue weighted by molar-refractivity contribution is -0.143. The summed E-state index contributed by atoms with van der Waals surface area (Å²) in [5.74, 6) is 2.44. The van der Waals surface area contributed by atoms with Gasteiger partial charge in [-0.05, 0) is 86.5 Å². The predicted octanol–water partition coefficient (Wildman–Crippen LogP) is 6.40. The van der Waals surface area contributed by atoms with Crippen molar-refractivity contribution in [2.45, 2.75) is 52.0 Å². The fraction of sp³-hybridized carbons (Fsp3) is 0.480. The molecule has 0 aliphatic heterocycles. The number of nitrogens with zero attached hydrogens (tertiary/aromatic N) is 3. The molecule has 2 aromatic heterocycles. The number of carbonyl (C=O) groups is 1. The number of pyridine rings is 1. The first-order valence-electron chi connectivity index (χ1n) is 11.3. The minimum atomic E-state index is -0.215. The van der Waals surface area contributed by atoms with Gasteiger partial charge in [0, 0.05) is 12.4 Å². The molecule has 0 N–H and O–H groups in total. The molecular weight excluding hydrogens is 426 g/mol. The van der Waals surface area contributed by atoms with Crippen molar-refractivity contribution in [3.8, 4) is 0 Å². The molecule has 0 saturated heterocycles. The van der Waals surface area contributed by atoms with Crippen LogP contribution in [-0.2, 0) is 11.3 Å². The number of rotatable bonds is 4. The molecular formula is C25H26ClN3OS. The topological polar surface area (TPSA) is 46.1 Å². The highest BCUT2D eigenvalue weighted by atomic mass is 35.5. The van der Waals surface area contributed by atoms with Gasteiger partial charge < -0.3 is 0 Å². The highest BCUT2D eigenvalue weighted by molar-refractivity contribution is 7.23. The highest BCUT2D eigenvalue weighted by Gasteiger charge is 2.56. The van der Waals surface area contributed by atoms with Crippen molar-refractivity contribution in [3.05, 3.63) is 52.8 Å². The van der Waals surface area contributed by atoms with Crippen LogP contribution in [0.2, 0.25) is 5.02 Å². The fourth-order valence-corrected chi connectivity index (χ4v) is 8.08. The molecule has 0 atom stereocenters. The van der Waals surface area contributed by atoms with Crippen molar-refractivity contribution in [2.24, 2.45) is 23.2 Å². The van der Waals surface area contributed by atoms with Crippen molar-refractivity contribution in [2.75, 3.05) is 4.90 Å². The number of hydrogen-bond donors (Lipinski definition) is 0. The zero-order valence-electron chi connectivity index (χ0n) is 17.7. The van der Waals surface area contributed by atoms with E-state index in [1.54, 1.807) is 6.20 Å². The van der Waals surface area contributed by atoms with Crippen LogP contribution in [-0.4, -0.2) is 15.9 Å². The van der Waals surface area contributed by atoms with Gasteiger partial charge in [0.25, 0.3) is 0 Å². The van der Waals surface area contributed by atoms with Crippen molar-refractivity contribution in [1.82, 2.24) is 9.97 Å². The van der Waals surface area contributed by atoms with Gasteiger partial charge in [-0.3, -0.25) is 14.7 Å². The minimum absolute atomic E-state index is 0.215. The number of anilines is 1. The molecule has 0 radical (unpaired) electrons. The van der Waals surface area contributed by atoms with E-state index in [1.807, 2.05) is 35.4 Å². The Morgan fingerprint density at radius 1 is 1.16 bits per heavy atom. The van der Waals surface area contributed by atoms with E-state index in [0.29, 0.717) is 11.6 Å². The van der Waals surface area contributed by atoms with Crippen LogP contribution in [0.1, 0.15) is 49.7 Å². The maximum atomic E-state index is 14.3. The summed E-state index contributed by atoms with van der Waals surface area (Å²) in [4.78, 5) is 25.5. The van der Waals surface area contributed by atoms with Crippen LogP contribution < -0.4 is 4.90 Å². The zero-order chi connectivity index (χ0) is 21.2. The SMILES string of the molecule is Cc1ccc(Cl)c2sc(N(Cc3cccnc3)C(=O)C34CC5CC(CC(C5)C3)C4)nc12. The minimum Gasteiger partial charge on any atom is -0.283 e. The Bertz CT molecular complexity index is 1080. The van der Waals surface area contributed by atoms with Gasteiger partial charge in [-0.2, -0.15) is 0 Å². The zero-order valence-corrected chi connectivity index (χ0v) is 19.3. The highest BCUT2D eigenvalue weighted by Crippen LogP contribution is 2.61. The van der Waals surface area contributed by atoms with Gasteiger partial charge in [0.05, 0.1) is 27.2 Å². The Kier molecular flexibility index (Phi) is 4.62. The number of aryl methyl sites for hydroxylation is 1. The molecule has 4 aliphatic carbocycles. The molecule has 4 fully saturated rings. The van der Waals surface area contributed by atoms with Gasteiger partial charge in [-0.25, -0.2) is 4.98 Å². The van der Waals surface area contributed by atoms with E-state index >= 15 is 0 Å². The van der Waals surface area contributed by atoms with Gasteiger partial charge in [-0.1, -0.05) is 35.1 Å². The van der Waals surface area contributed by atoms with Crippen LogP contribution in [0.3, 0.4) is 0 Å². The van der Waals surface area contributed by atoms with Gasteiger partial charge >= 0.3 is 0 Å². The summed E-state index contributed by atoms with van der Waals surface area (Å²) in [7, 11) is 0. The first kappa shape index (κ1) is 19.7. The van der Waals surface area contributed by atoms with Gasteiger partial charge in [0.1, 0.15) is 0 Å². The van der Waals surface area contributed by atoms with Crippen molar-refractivity contribution in [3.63, 3.8) is 0 Å². The summed E-state index contributed by atoms with van der Waals surface area (Å²) in [6.45, 7) is 2.55. The molecule has 4 saturated carbocycles. The molecule has 0 spiro atoms. The van der Waals surface area contributed by atoms with E-state index in [-0.39, 0.29) is 11.3 Å². The van der Waals surface area contributed by atoms with Gasteiger partial charge in [0.2, 0.25) is 5.91 Å². The van der Waals surface area contributed by atoms with E-state index < -0.39 is 0 Å². The quantitative estimate of drug-likeness (QED) is 0.460. The van der Waals surface area contributed by atoms with Crippen LogP contribution in [0.15, 0.2) is 36.7 Å². The Morgan fingerprint density at radius 2 is 1.87 bits per heavy atom. The predicted molar refractivity (Wildman–Crippen MR) is 125 cm³/mol. The second kappa shape index (κ2) is 7.28. The Balaban J connectivity index is 1.43. The summed E-state index contributed by atoms with van der Waals surface area (Å²) >= 11 is 8.04. The molecule has 3 aromatic rings. The standard InChI is InChI=1S/C25H26ClN3OS/c1-15-4-5-20(26)22-21(15)28-24(31-22)29(14-16-3-2-6-27-13-16)23(30)25-10-17-7-18(11-25)9-19(8-17)12-25/h2-6,13,17-19H,7-12,14H2,1H3. The Hall–Kier alpha value is -1.98. The summed E-state index contributed by atoms with van der Waals surface area (Å²) in [6.07, 6.45) is 10.7. The van der Waals surface area contributed by atoms with E-state index in [4.69, 9.17) is 16.6 Å². The largest absolute Gasteiger partial charge is 0.283 e. The Morgan fingerprint density at radius 3 is 2.48 bits per heavy atom. The lowest BCUT2D eigenvalue weighted by atomic mass is 9.49. The number of benzene rings is 1. The number of hydrogen-bond acceptors (Lipinski definition) is 4. The Labute approximate surface area is 191 Å². The second-order valence-electron chi connectivity index (χ2n) is 9.99. The van der Waals surface area contributed by atoms with Crippen molar-refractivity contribution < 1.29 is 4.79 Å². The van der Waals surface area contributed by atoms with Crippen LogP contribution in [0.25, 0.3) is 10.2 Å². The van der Waals surface area contributed by atoms with Crippen LogP contribution >= 0.6 is 22.9 Å². The third-order valence-electron chi connectivity index (χ3n) is 7.72. The molecule has 160 valence electrons. The normalized spacial score (nSPS) is 28.9. The van der Waals surface area contributed by atoms with E-state index in [1.165, 1.54) is 30.6 Å². The molecule has 4 bridgehead atoms. The molecule has 6 heteroatoms.